The van der Waals surface area contributed by atoms with Crippen LogP contribution in [0.15, 0.2) is 47.6 Å². The summed E-state index contributed by atoms with van der Waals surface area (Å²) >= 11 is 0. The van der Waals surface area contributed by atoms with E-state index in [1.54, 1.807) is 31.4 Å². The molecule has 5 nitrogen and oxygen atoms in total. The minimum absolute atomic E-state index is 0.226. The summed E-state index contributed by atoms with van der Waals surface area (Å²) in [6.07, 6.45) is 2.86. The summed E-state index contributed by atoms with van der Waals surface area (Å²) in [7, 11) is 1.66. The van der Waals surface area contributed by atoms with Crippen LogP contribution in [0.1, 0.15) is 41.3 Å². The van der Waals surface area contributed by atoms with Crippen molar-refractivity contribution in [3.8, 4) is 11.5 Å². The highest BCUT2D eigenvalue weighted by atomic mass is 16.5. The van der Waals surface area contributed by atoms with Crippen molar-refractivity contribution in [2.24, 2.45) is 5.10 Å². The smallest absolute Gasteiger partial charge is 0.271 e. The Morgan fingerprint density at radius 2 is 1.88 bits per heavy atom. The minimum Gasteiger partial charge on any atom is -0.497 e. The summed E-state index contributed by atoms with van der Waals surface area (Å²) in [6.45, 7) is 2.53. The lowest BCUT2D eigenvalue weighted by atomic mass is 9.90. The molecular weight excluding hydrogens is 316 g/mol. The molecule has 3 rings (SSSR count). The average molecular weight is 338 g/mol. The van der Waals surface area contributed by atoms with Crippen molar-refractivity contribution in [2.75, 3.05) is 13.7 Å². The Morgan fingerprint density at radius 3 is 2.60 bits per heavy atom. The molecule has 0 aliphatic heterocycles. The molecule has 0 fully saturated rings. The number of carbonyl (C=O) groups is 1. The van der Waals surface area contributed by atoms with Gasteiger partial charge in [-0.25, -0.2) is 5.43 Å². The fourth-order valence-corrected chi connectivity index (χ4v) is 2.93. The molecule has 2 aromatic carbocycles. The van der Waals surface area contributed by atoms with Crippen LogP contribution in [0.3, 0.4) is 0 Å². The zero-order valence-corrected chi connectivity index (χ0v) is 14.5. The Bertz CT molecular complexity index is 782. The number of rotatable bonds is 5. The molecule has 0 atom stereocenters. The Kier molecular flexibility index (Phi) is 5.33. The molecule has 0 radical (unpaired) electrons. The van der Waals surface area contributed by atoms with Gasteiger partial charge in [0.05, 0.1) is 19.4 Å². The highest BCUT2D eigenvalue weighted by Gasteiger charge is 2.17. The van der Waals surface area contributed by atoms with Gasteiger partial charge in [0.2, 0.25) is 0 Å². The molecule has 0 unspecified atom stereocenters. The molecule has 1 aliphatic rings. The lowest BCUT2D eigenvalue weighted by Crippen LogP contribution is -2.22. The number of hydrogen-bond donors (Lipinski definition) is 1. The SMILES string of the molecule is CCOc1ccc(C(=O)N/N=C2/CCCc3cc(OC)ccc32)cc1. The van der Waals surface area contributed by atoms with Gasteiger partial charge in [0.25, 0.3) is 5.91 Å². The third kappa shape index (κ3) is 3.99. The van der Waals surface area contributed by atoms with Crippen molar-refractivity contribution in [3.05, 3.63) is 59.2 Å². The van der Waals surface area contributed by atoms with E-state index in [9.17, 15) is 4.79 Å². The molecule has 5 heteroatoms. The van der Waals surface area contributed by atoms with E-state index < -0.39 is 0 Å². The van der Waals surface area contributed by atoms with Crippen LogP contribution in [0.5, 0.6) is 11.5 Å². The highest BCUT2D eigenvalue weighted by molar-refractivity contribution is 6.04. The summed E-state index contributed by atoms with van der Waals surface area (Å²) in [5.74, 6) is 1.37. The number of nitrogens with one attached hydrogen (secondary N) is 1. The number of nitrogens with zero attached hydrogens (tertiary/aromatic N) is 1. The molecule has 25 heavy (non-hydrogen) atoms. The van der Waals surface area contributed by atoms with Crippen molar-refractivity contribution >= 4 is 11.6 Å². The average Bonchev–Trinajstić information content (AvgIpc) is 2.66. The van der Waals surface area contributed by atoms with E-state index in [1.807, 2.05) is 25.1 Å². The number of hydrogen-bond acceptors (Lipinski definition) is 4. The number of amides is 1. The molecule has 0 saturated heterocycles. The summed E-state index contributed by atoms with van der Waals surface area (Å²) in [4.78, 5) is 12.3. The summed E-state index contributed by atoms with van der Waals surface area (Å²) < 4.78 is 10.7. The predicted molar refractivity (Wildman–Crippen MR) is 97.5 cm³/mol. The van der Waals surface area contributed by atoms with Gasteiger partial charge < -0.3 is 9.47 Å². The van der Waals surface area contributed by atoms with Crippen molar-refractivity contribution in [1.29, 1.82) is 0 Å². The quantitative estimate of drug-likeness (QED) is 0.848. The van der Waals surface area contributed by atoms with E-state index in [0.717, 1.165) is 42.0 Å². The summed E-state index contributed by atoms with van der Waals surface area (Å²) in [5.41, 5.74) is 6.42. The van der Waals surface area contributed by atoms with Gasteiger partial charge in [-0.2, -0.15) is 5.10 Å². The maximum Gasteiger partial charge on any atom is 0.271 e. The molecule has 0 bridgehead atoms. The second-order valence-electron chi connectivity index (χ2n) is 5.83. The first-order valence-electron chi connectivity index (χ1n) is 8.48. The number of fused-ring (bicyclic) bond motifs is 1. The minimum atomic E-state index is -0.226. The number of methoxy groups -OCH3 is 1. The largest absolute Gasteiger partial charge is 0.497 e. The fraction of sp³-hybridized carbons (Fsp3) is 0.300. The molecule has 0 heterocycles. The first-order chi connectivity index (χ1) is 12.2. The van der Waals surface area contributed by atoms with Gasteiger partial charge in [-0.1, -0.05) is 0 Å². The van der Waals surface area contributed by atoms with Gasteiger partial charge in [0.1, 0.15) is 11.5 Å². The lowest BCUT2D eigenvalue weighted by molar-refractivity contribution is 0.0954. The Hall–Kier alpha value is -2.82. The van der Waals surface area contributed by atoms with Crippen molar-refractivity contribution < 1.29 is 14.3 Å². The maximum absolute atomic E-state index is 12.3. The Labute approximate surface area is 147 Å². The van der Waals surface area contributed by atoms with Crippen LogP contribution in [-0.4, -0.2) is 25.3 Å². The molecule has 0 spiro atoms. The molecule has 1 amide bonds. The van der Waals surface area contributed by atoms with Crippen molar-refractivity contribution in [3.63, 3.8) is 0 Å². The summed E-state index contributed by atoms with van der Waals surface area (Å²) in [5, 5.41) is 4.36. The van der Waals surface area contributed by atoms with Crippen molar-refractivity contribution in [2.45, 2.75) is 26.2 Å². The van der Waals surface area contributed by atoms with Crippen LogP contribution in [0.2, 0.25) is 0 Å². The maximum atomic E-state index is 12.3. The fourth-order valence-electron chi connectivity index (χ4n) is 2.93. The normalized spacial score (nSPS) is 14.7. The Morgan fingerprint density at radius 1 is 1.12 bits per heavy atom. The highest BCUT2D eigenvalue weighted by Crippen LogP contribution is 2.25. The molecule has 2 aromatic rings. The van der Waals surface area contributed by atoms with Gasteiger partial charge in [-0.3, -0.25) is 4.79 Å². The first kappa shape index (κ1) is 17.0. The second kappa shape index (κ2) is 7.83. The van der Waals surface area contributed by atoms with Crippen LogP contribution in [0.4, 0.5) is 0 Å². The zero-order valence-electron chi connectivity index (χ0n) is 14.5. The zero-order chi connectivity index (χ0) is 17.6. The lowest BCUT2D eigenvalue weighted by Gasteiger charge is -2.18. The van der Waals surface area contributed by atoms with Gasteiger partial charge in [0, 0.05) is 11.1 Å². The van der Waals surface area contributed by atoms with Gasteiger partial charge >= 0.3 is 0 Å². The van der Waals surface area contributed by atoms with E-state index >= 15 is 0 Å². The molecule has 1 N–H and O–H groups in total. The molecule has 1 aliphatic carbocycles. The predicted octanol–water partition coefficient (Wildman–Crippen LogP) is 3.56. The number of aryl methyl sites for hydroxylation is 1. The molecule has 0 saturated carbocycles. The molecule has 0 aromatic heterocycles. The van der Waals surface area contributed by atoms with E-state index in [0.29, 0.717) is 12.2 Å². The van der Waals surface area contributed by atoms with Crippen LogP contribution in [0, 0.1) is 0 Å². The third-order valence-electron chi connectivity index (χ3n) is 4.20. The van der Waals surface area contributed by atoms with Gasteiger partial charge in [-0.15, -0.1) is 0 Å². The Balaban J connectivity index is 1.73. The van der Waals surface area contributed by atoms with Gasteiger partial charge in [0.15, 0.2) is 0 Å². The van der Waals surface area contributed by atoms with E-state index in [4.69, 9.17) is 9.47 Å². The van der Waals surface area contributed by atoms with Crippen LogP contribution in [0.25, 0.3) is 0 Å². The third-order valence-corrected chi connectivity index (χ3v) is 4.20. The monoisotopic (exact) mass is 338 g/mol. The van der Waals surface area contributed by atoms with Gasteiger partial charge in [-0.05, 0) is 74.2 Å². The number of ether oxygens (including phenoxy) is 2. The topological polar surface area (TPSA) is 59.9 Å². The number of carbonyl (C=O) groups excluding carboxylic acids is 1. The van der Waals surface area contributed by atoms with Crippen molar-refractivity contribution in [1.82, 2.24) is 5.43 Å². The van der Waals surface area contributed by atoms with Crippen LogP contribution < -0.4 is 14.9 Å². The standard InChI is InChI=1S/C20H22N2O3/c1-3-25-16-9-7-14(8-10-16)20(23)22-21-19-6-4-5-15-13-17(24-2)11-12-18(15)19/h7-13H,3-6H2,1-2H3,(H,22,23)/b21-19-. The first-order valence-corrected chi connectivity index (χ1v) is 8.48. The number of benzene rings is 2. The van der Waals surface area contributed by atoms with Crippen LogP contribution >= 0.6 is 0 Å². The van der Waals surface area contributed by atoms with E-state index in [1.165, 1.54) is 5.56 Å². The second-order valence-corrected chi connectivity index (χ2v) is 5.83. The van der Waals surface area contributed by atoms with E-state index in [-0.39, 0.29) is 5.91 Å². The van der Waals surface area contributed by atoms with E-state index in [2.05, 4.69) is 10.5 Å². The molecular formula is C20H22N2O3. The number of hydrazone groups is 1. The molecule has 130 valence electrons. The summed E-state index contributed by atoms with van der Waals surface area (Å²) in [6, 6.07) is 13.0. The van der Waals surface area contributed by atoms with Crippen LogP contribution in [-0.2, 0) is 6.42 Å².